The third-order valence-electron chi connectivity index (χ3n) is 1.94. The van der Waals surface area contributed by atoms with Gasteiger partial charge in [0.25, 0.3) is 0 Å². The van der Waals surface area contributed by atoms with E-state index in [4.69, 9.17) is 11.6 Å². The van der Waals surface area contributed by atoms with Crippen molar-refractivity contribution in [3.63, 3.8) is 0 Å². The number of H-pyrrole nitrogens is 1. The molecule has 0 spiro atoms. The summed E-state index contributed by atoms with van der Waals surface area (Å²) in [6.45, 7) is 3.96. The Kier molecular flexibility index (Phi) is 1.96. The Labute approximate surface area is 81.2 Å². The Morgan fingerprint density at radius 2 is 2.23 bits per heavy atom. The maximum atomic E-state index is 5.94. The molecule has 0 saturated heterocycles. The van der Waals surface area contributed by atoms with Crippen LogP contribution in [0.5, 0.6) is 0 Å². The Balaban J connectivity index is 2.75. The van der Waals surface area contributed by atoms with Gasteiger partial charge in [-0.3, -0.25) is 0 Å². The van der Waals surface area contributed by atoms with Crippen molar-refractivity contribution in [2.75, 3.05) is 0 Å². The summed E-state index contributed by atoms with van der Waals surface area (Å²) < 4.78 is 0. The lowest BCUT2D eigenvalue weighted by Gasteiger charge is -1.93. The molecule has 3 nitrogen and oxygen atoms in total. The van der Waals surface area contributed by atoms with Crippen LogP contribution in [-0.2, 0) is 6.42 Å². The topological polar surface area (TPSA) is 41.6 Å². The highest BCUT2D eigenvalue weighted by Gasteiger charge is 2.06. The van der Waals surface area contributed by atoms with E-state index in [0.29, 0.717) is 5.15 Å². The van der Waals surface area contributed by atoms with Crippen molar-refractivity contribution in [1.29, 1.82) is 0 Å². The number of pyridine rings is 1. The molecular formula is C9H10ClN3. The van der Waals surface area contributed by atoms with Crippen LogP contribution in [0.25, 0.3) is 11.0 Å². The van der Waals surface area contributed by atoms with Crippen LogP contribution in [0.15, 0.2) is 6.07 Å². The monoisotopic (exact) mass is 195 g/mol. The molecule has 0 atom stereocenters. The normalized spacial score (nSPS) is 11.0. The number of hydrogen-bond acceptors (Lipinski definition) is 2. The van der Waals surface area contributed by atoms with Crippen molar-refractivity contribution in [2.24, 2.45) is 0 Å². The van der Waals surface area contributed by atoms with E-state index in [0.717, 1.165) is 29.0 Å². The minimum absolute atomic E-state index is 0.478. The Morgan fingerprint density at radius 1 is 1.46 bits per heavy atom. The maximum Gasteiger partial charge on any atom is 0.157 e. The van der Waals surface area contributed by atoms with Crippen molar-refractivity contribution >= 4 is 22.6 Å². The average molecular weight is 196 g/mol. The van der Waals surface area contributed by atoms with E-state index in [-0.39, 0.29) is 0 Å². The van der Waals surface area contributed by atoms with Crippen LogP contribution in [-0.4, -0.2) is 15.0 Å². The first-order chi connectivity index (χ1) is 6.20. The molecule has 0 aromatic carbocycles. The molecule has 68 valence electrons. The summed E-state index contributed by atoms with van der Waals surface area (Å²) in [5.74, 6) is 0.948. The smallest absolute Gasteiger partial charge is 0.157 e. The zero-order valence-electron chi connectivity index (χ0n) is 7.56. The highest BCUT2D eigenvalue weighted by molar-refractivity contribution is 6.33. The number of aromatic nitrogens is 3. The van der Waals surface area contributed by atoms with E-state index in [9.17, 15) is 0 Å². The molecule has 0 aliphatic rings. The number of nitrogens with zero attached hydrogens (tertiary/aromatic N) is 2. The first-order valence-electron chi connectivity index (χ1n) is 4.22. The first-order valence-corrected chi connectivity index (χ1v) is 4.60. The maximum absolute atomic E-state index is 5.94. The Morgan fingerprint density at radius 3 is 2.92 bits per heavy atom. The molecule has 0 radical (unpaired) electrons. The Bertz CT molecular complexity index is 447. The molecule has 0 aliphatic heterocycles. The zero-order valence-corrected chi connectivity index (χ0v) is 8.31. The van der Waals surface area contributed by atoms with Gasteiger partial charge >= 0.3 is 0 Å². The minimum Gasteiger partial charge on any atom is -0.342 e. The van der Waals surface area contributed by atoms with E-state index < -0.39 is 0 Å². The molecule has 4 heteroatoms. The number of nitrogens with one attached hydrogen (secondary N) is 1. The quantitative estimate of drug-likeness (QED) is 0.711. The molecule has 0 bridgehead atoms. The molecule has 13 heavy (non-hydrogen) atoms. The van der Waals surface area contributed by atoms with Crippen LogP contribution in [0.1, 0.15) is 18.4 Å². The van der Waals surface area contributed by atoms with Gasteiger partial charge in [0.05, 0.1) is 5.52 Å². The van der Waals surface area contributed by atoms with Gasteiger partial charge in [0.2, 0.25) is 0 Å². The van der Waals surface area contributed by atoms with Gasteiger partial charge in [0, 0.05) is 12.1 Å². The molecular weight excluding hydrogens is 186 g/mol. The SMILES string of the molecule is CCc1nc2c(Cl)nc(C)cc2[nH]1. The van der Waals surface area contributed by atoms with Gasteiger partial charge in [-0.1, -0.05) is 18.5 Å². The lowest BCUT2D eigenvalue weighted by molar-refractivity contribution is 1.00. The summed E-state index contributed by atoms with van der Waals surface area (Å²) in [6, 6.07) is 1.95. The summed E-state index contributed by atoms with van der Waals surface area (Å²) in [5.41, 5.74) is 2.64. The van der Waals surface area contributed by atoms with Crippen molar-refractivity contribution in [3.05, 3.63) is 22.7 Å². The van der Waals surface area contributed by atoms with Crippen molar-refractivity contribution in [2.45, 2.75) is 20.3 Å². The van der Waals surface area contributed by atoms with Gasteiger partial charge in [-0.25, -0.2) is 9.97 Å². The lowest BCUT2D eigenvalue weighted by Crippen LogP contribution is -1.82. The van der Waals surface area contributed by atoms with Crippen LogP contribution in [0.2, 0.25) is 5.15 Å². The summed E-state index contributed by atoms with van der Waals surface area (Å²) in [7, 11) is 0. The number of hydrogen-bond donors (Lipinski definition) is 1. The molecule has 0 amide bonds. The predicted molar refractivity (Wildman–Crippen MR) is 53.0 cm³/mol. The second-order valence-corrected chi connectivity index (χ2v) is 3.35. The van der Waals surface area contributed by atoms with E-state index >= 15 is 0 Å². The summed E-state index contributed by atoms with van der Waals surface area (Å²) in [6.07, 6.45) is 0.879. The summed E-state index contributed by atoms with van der Waals surface area (Å²) in [4.78, 5) is 11.6. The highest BCUT2D eigenvalue weighted by atomic mass is 35.5. The third-order valence-corrected chi connectivity index (χ3v) is 2.20. The molecule has 2 aromatic heterocycles. The predicted octanol–water partition coefficient (Wildman–Crippen LogP) is 2.48. The van der Waals surface area contributed by atoms with Gasteiger partial charge in [0.1, 0.15) is 11.3 Å². The highest BCUT2D eigenvalue weighted by Crippen LogP contribution is 2.20. The fourth-order valence-electron chi connectivity index (χ4n) is 1.32. The van der Waals surface area contributed by atoms with E-state index in [1.165, 1.54) is 0 Å². The van der Waals surface area contributed by atoms with Gasteiger partial charge in [0.15, 0.2) is 5.15 Å². The summed E-state index contributed by atoms with van der Waals surface area (Å²) >= 11 is 5.94. The van der Waals surface area contributed by atoms with Gasteiger partial charge in [-0.2, -0.15) is 0 Å². The number of aromatic amines is 1. The number of imidazole rings is 1. The average Bonchev–Trinajstić information content (AvgIpc) is 2.47. The van der Waals surface area contributed by atoms with Crippen LogP contribution >= 0.6 is 11.6 Å². The van der Waals surface area contributed by atoms with Crippen LogP contribution in [0.3, 0.4) is 0 Å². The number of fused-ring (bicyclic) bond motifs is 1. The zero-order chi connectivity index (χ0) is 9.42. The van der Waals surface area contributed by atoms with E-state index in [1.54, 1.807) is 0 Å². The second kappa shape index (κ2) is 3.00. The molecule has 2 rings (SSSR count). The van der Waals surface area contributed by atoms with Gasteiger partial charge in [-0.15, -0.1) is 0 Å². The fourth-order valence-corrected chi connectivity index (χ4v) is 1.59. The van der Waals surface area contributed by atoms with Crippen molar-refractivity contribution < 1.29 is 0 Å². The van der Waals surface area contributed by atoms with Gasteiger partial charge in [-0.05, 0) is 13.0 Å². The number of halogens is 1. The fraction of sp³-hybridized carbons (Fsp3) is 0.333. The minimum atomic E-state index is 0.478. The first kappa shape index (κ1) is 8.51. The second-order valence-electron chi connectivity index (χ2n) is 2.99. The van der Waals surface area contributed by atoms with E-state index in [2.05, 4.69) is 15.0 Å². The number of aryl methyl sites for hydroxylation is 2. The number of rotatable bonds is 1. The molecule has 2 heterocycles. The lowest BCUT2D eigenvalue weighted by atomic mass is 10.3. The van der Waals surface area contributed by atoms with E-state index in [1.807, 2.05) is 19.9 Å². The molecule has 0 unspecified atom stereocenters. The largest absolute Gasteiger partial charge is 0.342 e. The Hall–Kier alpha value is -1.09. The molecule has 1 N–H and O–H groups in total. The summed E-state index contributed by atoms with van der Waals surface area (Å²) in [5, 5.41) is 0.478. The molecule has 0 fully saturated rings. The van der Waals surface area contributed by atoms with Crippen LogP contribution < -0.4 is 0 Å². The van der Waals surface area contributed by atoms with Gasteiger partial charge < -0.3 is 4.98 Å². The van der Waals surface area contributed by atoms with Crippen molar-refractivity contribution in [1.82, 2.24) is 15.0 Å². The standard InChI is InChI=1S/C9H10ClN3/c1-3-7-12-6-4-5(2)11-9(10)8(6)13-7/h4H,3H2,1-2H3,(H,12,13). The molecule has 0 saturated carbocycles. The van der Waals surface area contributed by atoms with Crippen LogP contribution in [0, 0.1) is 6.92 Å². The van der Waals surface area contributed by atoms with Crippen molar-refractivity contribution in [3.8, 4) is 0 Å². The third kappa shape index (κ3) is 1.40. The molecule has 2 aromatic rings. The molecule has 0 aliphatic carbocycles. The van der Waals surface area contributed by atoms with Crippen LogP contribution in [0.4, 0.5) is 0 Å².